The minimum Gasteiger partial charge on any atom is -0.606 e. The van der Waals surface area contributed by atoms with Gasteiger partial charge in [-0.1, -0.05) is 42.0 Å². The largest absolute Gasteiger partial charge is 0.606 e. The van der Waals surface area contributed by atoms with Crippen molar-refractivity contribution in [3.63, 3.8) is 0 Å². The van der Waals surface area contributed by atoms with Crippen LogP contribution in [0.3, 0.4) is 0 Å². The molecule has 3 aromatic rings. The fourth-order valence-electron chi connectivity index (χ4n) is 3.81. The summed E-state index contributed by atoms with van der Waals surface area (Å²) in [5.41, 5.74) is 3.75. The molecule has 0 saturated heterocycles. The molecule has 0 spiro atoms. The SMILES string of the molecule is CCN1C(=O)c2ccccc2[S+]([O-])c2ccc(C(=O)NCCc3cccc(C)c3)cc21. The molecule has 1 unspecified atom stereocenters. The first-order valence-electron chi connectivity index (χ1n) is 10.3. The molecule has 0 saturated carbocycles. The van der Waals surface area contributed by atoms with Crippen molar-refractivity contribution in [2.24, 2.45) is 0 Å². The maximum absolute atomic E-state index is 13.2. The van der Waals surface area contributed by atoms with Crippen molar-refractivity contribution in [1.29, 1.82) is 0 Å². The Labute approximate surface area is 185 Å². The quantitative estimate of drug-likeness (QED) is 0.617. The molecule has 31 heavy (non-hydrogen) atoms. The van der Waals surface area contributed by atoms with Crippen LogP contribution < -0.4 is 10.2 Å². The highest BCUT2D eigenvalue weighted by molar-refractivity contribution is 7.91. The molecular formula is C25H24N2O3S. The van der Waals surface area contributed by atoms with E-state index in [9.17, 15) is 14.1 Å². The van der Waals surface area contributed by atoms with Gasteiger partial charge >= 0.3 is 0 Å². The number of rotatable bonds is 5. The van der Waals surface area contributed by atoms with Crippen LogP contribution in [0.4, 0.5) is 5.69 Å². The highest BCUT2D eigenvalue weighted by Crippen LogP contribution is 2.37. The molecule has 6 heteroatoms. The van der Waals surface area contributed by atoms with Gasteiger partial charge in [-0.15, -0.1) is 0 Å². The smallest absolute Gasteiger partial charge is 0.263 e. The number of nitrogens with one attached hydrogen (secondary N) is 1. The number of benzene rings is 3. The summed E-state index contributed by atoms with van der Waals surface area (Å²) in [5.74, 6) is -0.422. The van der Waals surface area contributed by atoms with Gasteiger partial charge in [0.25, 0.3) is 11.8 Å². The molecule has 2 amide bonds. The molecule has 4 rings (SSSR count). The summed E-state index contributed by atoms with van der Waals surface area (Å²) in [6.07, 6.45) is 0.733. The monoisotopic (exact) mass is 432 g/mol. The topological polar surface area (TPSA) is 72.5 Å². The number of hydrogen-bond acceptors (Lipinski definition) is 3. The number of fused-ring (bicyclic) bond motifs is 2. The van der Waals surface area contributed by atoms with E-state index in [4.69, 9.17) is 0 Å². The summed E-state index contributed by atoms with van der Waals surface area (Å²) < 4.78 is 13.2. The first-order chi connectivity index (χ1) is 15.0. The molecule has 1 aliphatic rings. The van der Waals surface area contributed by atoms with Crippen molar-refractivity contribution in [1.82, 2.24) is 5.32 Å². The fourth-order valence-corrected chi connectivity index (χ4v) is 5.15. The van der Waals surface area contributed by atoms with E-state index >= 15 is 0 Å². The second-order valence-corrected chi connectivity index (χ2v) is 8.91. The van der Waals surface area contributed by atoms with E-state index in [-0.39, 0.29) is 11.8 Å². The van der Waals surface area contributed by atoms with Crippen molar-refractivity contribution in [3.05, 3.63) is 89.0 Å². The fraction of sp³-hybridized carbons (Fsp3) is 0.200. The molecule has 1 atom stereocenters. The van der Waals surface area contributed by atoms with E-state index in [0.29, 0.717) is 39.7 Å². The van der Waals surface area contributed by atoms with Gasteiger partial charge in [0.2, 0.25) is 0 Å². The van der Waals surface area contributed by atoms with Gasteiger partial charge in [0, 0.05) is 29.8 Å². The lowest BCUT2D eigenvalue weighted by molar-refractivity contribution is 0.0950. The standard InChI is InChI=1S/C25H24N2O3S/c1-3-27-21-16-19(24(28)26-14-13-18-8-6-7-17(2)15-18)11-12-23(21)31(30)22-10-5-4-9-20(22)25(27)29/h4-12,15-16H,3,13-14H2,1-2H3,(H,26,28). The third-order valence-electron chi connectivity index (χ3n) is 5.37. The molecule has 1 aliphatic heterocycles. The van der Waals surface area contributed by atoms with Gasteiger partial charge < -0.3 is 14.8 Å². The highest BCUT2D eigenvalue weighted by atomic mass is 32.2. The molecular weight excluding hydrogens is 408 g/mol. The summed E-state index contributed by atoms with van der Waals surface area (Å²) in [4.78, 5) is 28.5. The maximum atomic E-state index is 13.2. The molecule has 158 valence electrons. The van der Waals surface area contributed by atoms with Gasteiger partial charge in [0.15, 0.2) is 9.79 Å². The average Bonchev–Trinajstić information content (AvgIpc) is 2.87. The summed E-state index contributed by atoms with van der Waals surface area (Å²) in [5, 5.41) is 2.94. The number of anilines is 1. The summed E-state index contributed by atoms with van der Waals surface area (Å²) in [6.45, 7) is 4.83. The van der Waals surface area contributed by atoms with E-state index in [0.717, 1.165) is 12.0 Å². The zero-order valence-corrected chi connectivity index (χ0v) is 18.4. The normalized spacial score (nSPS) is 15.1. The number of amides is 2. The molecule has 0 aliphatic carbocycles. The Morgan fingerprint density at radius 2 is 1.84 bits per heavy atom. The second-order valence-electron chi connectivity index (χ2n) is 7.49. The van der Waals surface area contributed by atoms with E-state index in [1.807, 2.05) is 32.0 Å². The lowest BCUT2D eigenvalue weighted by Gasteiger charge is -2.20. The lowest BCUT2D eigenvalue weighted by atomic mass is 10.1. The third-order valence-corrected chi connectivity index (χ3v) is 6.87. The number of hydrogen-bond donors (Lipinski definition) is 1. The van der Waals surface area contributed by atoms with Gasteiger partial charge in [0.05, 0.1) is 5.56 Å². The van der Waals surface area contributed by atoms with E-state index < -0.39 is 11.2 Å². The minimum atomic E-state index is -1.50. The molecule has 0 fully saturated rings. The Balaban J connectivity index is 1.58. The van der Waals surface area contributed by atoms with Gasteiger partial charge in [-0.25, -0.2) is 0 Å². The second kappa shape index (κ2) is 8.96. The van der Waals surface area contributed by atoms with Crippen LogP contribution in [0.25, 0.3) is 0 Å². The summed E-state index contributed by atoms with van der Waals surface area (Å²) in [6, 6.07) is 20.2. The van der Waals surface area contributed by atoms with Crippen LogP contribution in [0.1, 0.15) is 38.8 Å². The van der Waals surface area contributed by atoms with Crippen LogP contribution in [-0.2, 0) is 17.6 Å². The zero-order valence-electron chi connectivity index (χ0n) is 17.6. The van der Waals surface area contributed by atoms with Crippen LogP contribution in [0.5, 0.6) is 0 Å². The van der Waals surface area contributed by atoms with Gasteiger partial charge in [-0.05, 0) is 56.2 Å². The Bertz CT molecular complexity index is 1150. The number of aryl methyl sites for hydroxylation is 1. The van der Waals surface area contributed by atoms with Crippen molar-refractivity contribution in [2.45, 2.75) is 30.1 Å². The Kier molecular flexibility index (Phi) is 6.11. The minimum absolute atomic E-state index is 0.206. The molecule has 5 nitrogen and oxygen atoms in total. The van der Waals surface area contributed by atoms with Crippen LogP contribution >= 0.6 is 0 Å². The molecule has 3 aromatic carbocycles. The molecule has 0 radical (unpaired) electrons. The predicted molar refractivity (Wildman–Crippen MR) is 122 cm³/mol. The van der Waals surface area contributed by atoms with Crippen LogP contribution in [0.2, 0.25) is 0 Å². The van der Waals surface area contributed by atoms with Crippen molar-refractivity contribution >= 4 is 28.7 Å². The van der Waals surface area contributed by atoms with E-state index in [1.165, 1.54) is 5.56 Å². The first-order valence-corrected chi connectivity index (χ1v) is 11.4. The average molecular weight is 433 g/mol. The summed E-state index contributed by atoms with van der Waals surface area (Å²) in [7, 11) is 0. The summed E-state index contributed by atoms with van der Waals surface area (Å²) >= 11 is -1.50. The van der Waals surface area contributed by atoms with Crippen LogP contribution in [0.15, 0.2) is 76.5 Å². The molecule has 1 N–H and O–H groups in total. The first kappa shape index (κ1) is 21.2. The van der Waals surface area contributed by atoms with E-state index in [1.54, 1.807) is 47.4 Å². The zero-order chi connectivity index (χ0) is 22.0. The van der Waals surface area contributed by atoms with E-state index in [2.05, 4.69) is 11.4 Å². The Morgan fingerprint density at radius 1 is 1.03 bits per heavy atom. The van der Waals surface area contributed by atoms with Crippen molar-refractivity contribution in [2.75, 3.05) is 18.0 Å². The Morgan fingerprint density at radius 3 is 2.61 bits per heavy atom. The molecule has 0 aromatic heterocycles. The maximum Gasteiger partial charge on any atom is 0.263 e. The number of carbonyl (C=O) groups is 2. The lowest BCUT2D eigenvalue weighted by Crippen LogP contribution is -2.31. The van der Waals surface area contributed by atoms with Gasteiger partial charge in [0.1, 0.15) is 5.69 Å². The number of nitrogens with zero attached hydrogens (tertiary/aromatic N) is 1. The number of carbonyl (C=O) groups excluding carboxylic acids is 2. The van der Waals surface area contributed by atoms with Gasteiger partial charge in [-0.3, -0.25) is 9.59 Å². The van der Waals surface area contributed by atoms with Crippen LogP contribution in [-0.4, -0.2) is 29.5 Å². The van der Waals surface area contributed by atoms with Crippen LogP contribution in [0, 0.1) is 6.92 Å². The molecule has 0 bridgehead atoms. The third kappa shape index (κ3) is 4.22. The van der Waals surface area contributed by atoms with Crippen molar-refractivity contribution < 1.29 is 14.1 Å². The van der Waals surface area contributed by atoms with Gasteiger partial charge in [-0.2, -0.15) is 0 Å². The Hall–Kier alpha value is -3.09. The molecule has 1 heterocycles. The van der Waals surface area contributed by atoms with Crippen molar-refractivity contribution in [3.8, 4) is 0 Å². The highest BCUT2D eigenvalue weighted by Gasteiger charge is 2.35. The predicted octanol–water partition coefficient (Wildman–Crippen LogP) is 4.11.